The van der Waals surface area contributed by atoms with Gasteiger partial charge in [0.2, 0.25) is 0 Å². The zero-order chi connectivity index (χ0) is 16.8. The number of carboxylic acid groups (broad SMARTS) is 1. The first kappa shape index (κ1) is 17.6. The number of hydrogen-bond donors (Lipinski definition) is 1. The number of carbonyl (C=O) groups is 2. The van der Waals surface area contributed by atoms with Gasteiger partial charge in [0.25, 0.3) is 0 Å². The van der Waals surface area contributed by atoms with E-state index in [1.54, 1.807) is 7.05 Å². The molecule has 0 saturated heterocycles. The molecule has 2 rings (SSSR count). The number of hydrogen-bond acceptors (Lipinski definition) is 3. The minimum absolute atomic E-state index is 0.00132. The fourth-order valence-electron chi connectivity index (χ4n) is 2.92. The standard InChI is InChI=1S/C17H22ClNO4/c1-19(10-12-5-3-2-4-6-12)17(22)23-11-13-7-14(16(20)21)9-15(18)8-13/h2-6,13-15H,7-11H2,1H3,(H,20,21). The summed E-state index contributed by atoms with van der Waals surface area (Å²) in [6.07, 6.45) is 1.27. The van der Waals surface area contributed by atoms with E-state index in [1.807, 2.05) is 30.3 Å². The summed E-state index contributed by atoms with van der Waals surface area (Å²) < 4.78 is 5.33. The largest absolute Gasteiger partial charge is 0.481 e. The van der Waals surface area contributed by atoms with E-state index in [0.717, 1.165) is 5.56 Å². The van der Waals surface area contributed by atoms with Gasteiger partial charge in [-0.15, -0.1) is 11.6 Å². The highest BCUT2D eigenvalue weighted by Crippen LogP contribution is 2.32. The topological polar surface area (TPSA) is 66.8 Å². The van der Waals surface area contributed by atoms with Crippen molar-refractivity contribution in [3.05, 3.63) is 35.9 Å². The number of rotatable bonds is 5. The predicted octanol–water partition coefficient (Wildman–Crippen LogP) is 3.36. The molecule has 0 heterocycles. The number of benzene rings is 1. The fourth-order valence-corrected chi connectivity index (χ4v) is 3.39. The van der Waals surface area contributed by atoms with Crippen molar-refractivity contribution in [1.82, 2.24) is 4.90 Å². The molecule has 1 aromatic rings. The van der Waals surface area contributed by atoms with Crippen LogP contribution < -0.4 is 0 Å². The first-order chi connectivity index (χ1) is 11.0. The van der Waals surface area contributed by atoms with Crippen LogP contribution in [0.1, 0.15) is 24.8 Å². The Labute approximate surface area is 141 Å². The van der Waals surface area contributed by atoms with Crippen molar-refractivity contribution in [2.75, 3.05) is 13.7 Å². The maximum Gasteiger partial charge on any atom is 0.409 e. The Morgan fingerprint density at radius 1 is 1.26 bits per heavy atom. The van der Waals surface area contributed by atoms with Crippen LogP contribution in [0, 0.1) is 11.8 Å². The van der Waals surface area contributed by atoms with Crippen LogP contribution in [0.5, 0.6) is 0 Å². The van der Waals surface area contributed by atoms with Gasteiger partial charge in [-0.1, -0.05) is 30.3 Å². The van der Waals surface area contributed by atoms with Crippen molar-refractivity contribution in [3.63, 3.8) is 0 Å². The van der Waals surface area contributed by atoms with Crippen molar-refractivity contribution < 1.29 is 19.4 Å². The van der Waals surface area contributed by atoms with Gasteiger partial charge in [-0.25, -0.2) is 4.79 Å². The molecule has 0 aliphatic heterocycles. The number of carboxylic acids is 1. The average Bonchev–Trinajstić information content (AvgIpc) is 2.53. The average molecular weight is 340 g/mol. The van der Waals surface area contributed by atoms with Gasteiger partial charge < -0.3 is 14.7 Å². The molecule has 1 N–H and O–H groups in total. The van der Waals surface area contributed by atoms with E-state index < -0.39 is 18.0 Å². The first-order valence-electron chi connectivity index (χ1n) is 7.74. The number of carbonyl (C=O) groups excluding carboxylic acids is 1. The Balaban J connectivity index is 1.80. The highest BCUT2D eigenvalue weighted by molar-refractivity contribution is 6.20. The first-order valence-corrected chi connectivity index (χ1v) is 8.18. The fraction of sp³-hybridized carbons (Fsp3) is 0.529. The van der Waals surface area contributed by atoms with Gasteiger partial charge in [0, 0.05) is 19.0 Å². The third kappa shape index (κ3) is 5.43. The van der Waals surface area contributed by atoms with E-state index in [0.29, 0.717) is 25.8 Å². The number of amides is 1. The highest BCUT2D eigenvalue weighted by atomic mass is 35.5. The van der Waals surface area contributed by atoms with Crippen molar-refractivity contribution >= 4 is 23.7 Å². The van der Waals surface area contributed by atoms with Crippen LogP contribution in [-0.4, -0.2) is 41.1 Å². The molecular formula is C17H22ClNO4. The summed E-state index contributed by atoms with van der Waals surface area (Å²) in [4.78, 5) is 24.7. The number of halogens is 1. The summed E-state index contributed by atoms with van der Waals surface area (Å²) in [5.74, 6) is -1.27. The summed E-state index contributed by atoms with van der Waals surface area (Å²) >= 11 is 6.12. The lowest BCUT2D eigenvalue weighted by Crippen LogP contribution is -2.33. The SMILES string of the molecule is CN(Cc1ccccc1)C(=O)OCC1CC(Cl)CC(C(=O)O)C1. The zero-order valence-electron chi connectivity index (χ0n) is 13.2. The zero-order valence-corrected chi connectivity index (χ0v) is 13.9. The molecule has 1 aromatic carbocycles. The molecule has 0 spiro atoms. The van der Waals surface area contributed by atoms with E-state index in [2.05, 4.69) is 0 Å². The molecular weight excluding hydrogens is 318 g/mol. The molecule has 1 aliphatic carbocycles. The van der Waals surface area contributed by atoms with E-state index >= 15 is 0 Å². The van der Waals surface area contributed by atoms with Crippen LogP contribution in [0.15, 0.2) is 30.3 Å². The van der Waals surface area contributed by atoms with Gasteiger partial charge >= 0.3 is 12.1 Å². The van der Waals surface area contributed by atoms with Gasteiger partial charge in [-0.2, -0.15) is 0 Å². The number of aliphatic carboxylic acids is 1. The van der Waals surface area contributed by atoms with Gasteiger partial charge in [-0.3, -0.25) is 4.79 Å². The summed E-state index contributed by atoms with van der Waals surface area (Å²) in [6, 6.07) is 9.65. The Hall–Kier alpha value is -1.75. The Kier molecular flexibility index (Phi) is 6.28. The summed E-state index contributed by atoms with van der Waals surface area (Å²) in [6.45, 7) is 0.686. The van der Waals surface area contributed by atoms with Crippen molar-refractivity contribution in [1.29, 1.82) is 0 Å². The predicted molar refractivity (Wildman–Crippen MR) is 87.4 cm³/mol. The van der Waals surface area contributed by atoms with Crippen molar-refractivity contribution in [2.45, 2.75) is 31.2 Å². The second-order valence-corrected chi connectivity index (χ2v) is 6.74. The molecule has 23 heavy (non-hydrogen) atoms. The molecule has 3 unspecified atom stereocenters. The van der Waals surface area contributed by atoms with Crippen LogP contribution in [0.3, 0.4) is 0 Å². The van der Waals surface area contributed by atoms with Crippen LogP contribution in [-0.2, 0) is 16.1 Å². The molecule has 6 heteroatoms. The molecule has 0 aromatic heterocycles. The third-order valence-electron chi connectivity index (χ3n) is 4.11. The molecule has 1 amide bonds. The van der Waals surface area contributed by atoms with Gasteiger partial charge in [-0.05, 0) is 30.7 Å². The lowest BCUT2D eigenvalue weighted by molar-refractivity contribution is -0.143. The monoisotopic (exact) mass is 339 g/mol. The Morgan fingerprint density at radius 2 is 1.96 bits per heavy atom. The normalized spacial score (nSPS) is 24.0. The van der Waals surface area contributed by atoms with E-state index in [1.165, 1.54) is 4.90 Å². The second kappa shape index (κ2) is 8.20. The summed E-state index contributed by atoms with van der Waals surface area (Å²) in [5.41, 5.74) is 1.02. The smallest absolute Gasteiger partial charge is 0.409 e. The van der Waals surface area contributed by atoms with Crippen LogP contribution in [0.25, 0.3) is 0 Å². The molecule has 1 saturated carbocycles. The highest BCUT2D eigenvalue weighted by Gasteiger charge is 2.32. The minimum Gasteiger partial charge on any atom is -0.481 e. The van der Waals surface area contributed by atoms with Crippen LogP contribution in [0.4, 0.5) is 4.79 Å². The molecule has 0 bridgehead atoms. The van der Waals surface area contributed by atoms with Crippen molar-refractivity contribution in [3.8, 4) is 0 Å². The van der Waals surface area contributed by atoms with Gasteiger partial charge in [0.1, 0.15) is 0 Å². The number of alkyl halides is 1. The maximum absolute atomic E-state index is 12.0. The molecule has 5 nitrogen and oxygen atoms in total. The molecule has 1 aliphatic rings. The molecule has 3 atom stereocenters. The molecule has 126 valence electrons. The molecule has 1 fully saturated rings. The second-order valence-electron chi connectivity index (χ2n) is 6.12. The van der Waals surface area contributed by atoms with E-state index in [4.69, 9.17) is 21.4 Å². The van der Waals surface area contributed by atoms with E-state index in [9.17, 15) is 9.59 Å². The lowest BCUT2D eigenvalue weighted by Gasteiger charge is -2.30. The lowest BCUT2D eigenvalue weighted by atomic mass is 9.81. The minimum atomic E-state index is -0.826. The quantitative estimate of drug-likeness (QED) is 0.835. The Bertz CT molecular complexity index is 537. The van der Waals surface area contributed by atoms with Crippen LogP contribution in [0.2, 0.25) is 0 Å². The van der Waals surface area contributed by atoms with Gasteiger partial charge in [0.15, 0.2) is 0 Å². The molecule has 0 radical (unpaired) electrons. The summed E-state index contributed by atoms with van der Waals surface area (Å²) in [5, 5.41) is 8.96. The summed E-state index contributed by atoms with van der Waals surface area (Å²) in [7, 11) is 1.68. The third-order valence-corrected chi connectivity index (χ3v) is 4.47. The Morgan fingerprint density at radius 3 is 2.61 bits per heavy atom. The van der Waals surface area contributed by atoms with Crippen LogP contribution >= 0.6 is 11.6 Å². The van der Waals surface area contributed by atoms with Gasteiger partial charge in [0.05, 0.1) is 12.5 Å². The van der Waals surface area contributed by atoms with E-state index in [-0.39, 0.29) is 17.9 Å². The number of nitrogens with zero attached hydrogens (tertiary/aromatic N) is 1. The van der Waals surface area contributed by atoms with Crippen molar-refractivity contribution in [2.24, 2.45) is 11.8 Å². The maximum atomic E-state index is 12.0. The number of ether oxygens (including phenoxy) is 1.